The minimum atomic E-state index is -1.24. The van der Waals surface area contributed by atoms with E-state index < -0.39 is 24.1 Å². The maximum Gasteiger partial charge on any atom is 0.425 e. The Balaban J connectivity index is 4.71. The van der Waals surface area contributed by atoms with Crippen LogP contribution in [0.4, 0.5) is 4.79 Å². The molecular formula is C11H20N2O6. The van der Waals surface area contributed by atoms with Gasteiger partial charge < -0.3 is 14.6 Å². The van der Waals surface area contributed by atoms with Crippen molar-refractivity contribution in [2.24, 2.45) is 0 Å². The van der Waals surface area contributed by atoms with Crippen LogP contribution in [-0.2, 0) is 19.1 Å². The molecule has 0 saturated heterocycles. The first kappa shape index (κ1) is 17.2. The Morgan fingerprint density at radius 3 is 2.26 bits per heavy atom. The molecule has 8 nitrogen and oxygen atoms in total. The van der Waals surface area contributed by atoms with E-state index in [4.69, 9.17) is 9.84 Å². The summed E-state index contributed by atoms with van der Waals surface area (Å²) in [4.78, 5) is 33.9. The number of nitrogens with zero attached hydrogens (tertiary/aromatic N) is 1. The third-order valence-corrected chi connectivity index (χ3v) is 2.19. The monoisotopic (exact) mass is 276 g/mol. The number of carbonyl (C=O) groups is 3. The van der Waals surface area contributed by atoms with Crippen molar-refractivity contribution in [2.45, 2.75) is 39.3 Å². The highest BCUT2D eigenvalue weighted by molar-refractivity contribution is 5.85. The van der Waals surface area contributed by atoms with Gasteiger partial charge in [-0.1, -0.05) is 0 Å². The van der Waals surface area contributed by atoms with Gasteiger partial charge in [-0.15, -0.1) is 0 Å². The lowest BCUT2D eigenvalue weighted by atomic mass is 10.2. The Morgan fingerprint density at radius 2 is 1.89 bits per heavy atom. The summed E-state index contributed by atoms with van der Waals surface area (Å²) in [5, 5.41) is 9.91. The minimum absolute atomic E-state index is 0.177. The SMILES string of the molecule is CCO[C@H](CC(=O)N(NC(=O)OC)C(C)C)C(=O)O. The van der Waals surface area contributed by atoms with Crippen LogP contribution in [0.3, 0.4) is 0 Å². The number of nitrogens with one attached hydrogen (secondary N) is 1. The summed E-state index contributed by atoms with van der Waals surface area (Å²) in [5.74, 6) is -1.79. The van der Waals surface area contributed by atoms with Crippen LogP contribution in [0.1, 0.15) is 27.2 Å². The van der Waals surface area contributed by atoms with Crippen molar-refractivity contribution in [1.82, 2.24) is 10.4 Å². The van der Waals surface area contributed by atoms with Gasteiger partial charge in [-0.25, -0.2) is 20.0 Å². The molecule has 0 saturated carbocycles. The second kappa shape index (κ2) is 8.30. The van der Waals surface area contributed by atoms with Gasteiger partial charge >= 0.3 is 12.1 Å². The third kappa shape index (κ3) is 6.05. The number of carboxylic acid groups (broad SMARTS) is 1. The summed E-state index contributed by atoms with van der Waals surface area (Å²) >= 11 is 0. The van der Waals surface area contributed by atoms with E-state index in [1.807, 2.05) is 0 Å². The smallest absolute Gasteiger partial charge is 0.425 e. The molecule has 0 aliphatic carbocycles. The zero-order chi connectivity index (χ0) is 15.0. The van der Waals surface area contributed by atoms with E-state index in [0.717, 1.165) is 5.01 Å². The first-order valence-electron chi connectivity index (χ1n) is 5.84. The molecule has 0 aliphatic rings. The molecule has 0 rings (SSSR count). The zero-order valence-electron chi connectivity index (χ0n) is 11.5. The molecule has 0 aliphatic heterocycles. The number of carbonyl (C=O) groups excluding carboxylic acids is 2. The van der Waals surface area contributed by atoms with Crippen molar-refractivity contribution in [3.63, 3.8) is 0 Å². The second-order valence-electron chi connectivity index (χ2n) is 3.95. The Labute approximate surface area is 111 Å². The fraction of sp³-hybridized carbons (Fsp3) is 0.727. The molecule has 0 aromatic rings. The fourth-order valence-corrected chi connectivity index (χ4v) is 1.30. The quantitative estimate of drug-likeness (QED) is 0.679. The van der Waals surface area contributed by atoms with Crippen LogP contribution < -0.4 is 5.43 Å². The predicted molar refractivity (Wildman–Crippen MR) is 65.2 cm³/mol. The number of rotatable bonds is 6. The van der Waals surface area contributed by atoms with E-state index in [2.05, 4.69) is 10.2 Å². The van der Waals surface area contributed by atoms with E-state index in [1.165, 1.54) is 7.11 Å². The number of hydrazine groups is 1. The summed E-state index contributed by atoms with van der Waals surface area (Å²) in [7, 11) is 1.17. The number of hydrogen-bond donors (Lipinski definition) is 2. The van der Waals surface area contributed by atoms with Gasteiger partial charge in [-0.2, -0.15) is 0 Å². The van der Waals surface area contributed by atoms with Crippen LogP contribution in [0.2, 0.25) is 0 Å². The number of aliphatic carboxylic acids is 1. The molecule has 0 unspecified atom stereocenters. The normalized spacial score (nSPS) is 11.8. The average Bonchev–Trinajstić information content (AvgIpc) is 2.34. The summed E-state index contributed by atoms with van der Waals surface area (Å²) in [6.07, 6.45) is -2.41. The maximum absolute atomic E-state index is 11.9. The highest BCUT2D eigenvalue weighted by Gasteiger charge is 2.27. The van der Waals surface area contributed by atoms with Gasteiger partial charge in [-0.05, 0) is 20.8 Å². The first-order valence-corrected chi connectivity index (χ1v) is 5.84. The largest absolute Gasteiger partial charge is 0.479 e. The Bertz CT molecular complexity index is 331. The maximum atomic E-state index is 11.9. The number of hydrogen-bond acceptors (Lipinski definition) is 5. The van der Waals surface area contributed by atoms with Gasteiger partial charge in [0.2, 0.25) is 5.91 Å². The first-order chi connectivity index (χ1) is 8.83. The van der Waals surface area contributed by atoms with Crippen LogP contribution in [-0.4, -0.2) is 53.9 Å². The van der Waals surface area contributed by atoms with Crippen molar-refractivity contribution in [1.29, 1.82) is 0 Å². The second-order valence-corrected chi connectivity index (χ2v) is 3.95. The van der Waals surface area contributed by atoms with Crippen LogP contribution in [0.25, 0.3) is 0 Å². The van der Waals surface area contributed by atoms with Gasteiger partial charge in [-0.3, -0.25) is 4.79 Å². The fourth-order valence-electron chi connectivity index (χ4n) is 1.30. The van der Waals surface area contributed by atoms with E-state index in [1.54, 1.807) is 20.8 Å². The lowest BCUT2D eigenvalue weighted by molar-refractivity contribution is -0.155. The lowest BCUT2D eigenvalue weighted by Crippen LogP contribution is -2.51. The van der Waals surface area contributed by atoms with Crippen LogP contribution >= 0.6 is 0 Å². The average molecular weight is 276 g/mol. The molecule has 8 heteroatoms. The Morgan fingerprint density at radius 1 is 1.32 bits per heavy atom. The number of ether oxygens (including phenoxy) is 2. The van der Waals surface area contributed by atoms with Crippen molar-refractivity contribution in [3.8, 4) is 0 Å². The van der Waals surface area contributed by atoms with Gasteiger partial charge in [0.1, 0.15) is 0 Å². The number of carboxylic acids is 1. The summed E-state index contributed by atoms with van der Waals surface area (Å²) < 4.78 is 9.33. The minimum Gasteiger partial charge on any atom is -0.479 e. The predicted octanol–water partition coefficient (Wildman–Crippen LogP) is 0.374. The van der Waals surface area contributed by atoms with Crippen LogP contribution in [0, 0.1) is 0 Å². The summed E-state index contributed by atoms with van der Waals surface area (Å²) in [5.41, 5.74) is 2.23. The topological polar surface area (TPSA) is 105 Å². The molecule has 0 aromatic carbocycles. The summed E-state index contributed by atoms with van der Waals surface area (Å²) in [6, 6.07) is -0.345. The van der Waals surface area contributed by atoms with Crippen molar-refractivity contribution in [2.75, 3.05) is 13.7 Å². The molecule has 0 heterocycles. The van der Waals surface area contributed by atoms with E-state index >= 15 is 0 Å². The molecule has 0 radical (unpaired) electrons. The molecular weight excluding hydrogens is 256 g/mol. The van der Waals surface area contributed by atoms with E-state index in [-0.39, 0.29) is 19.1 Å². The highest BCUT2D eigenvalue weighted by atomic mass is 16.5. The molecule has 2 amide bonds. The molecule has 1 atom stereocenters. The summed E-state index contributed by atoms with van der Waals surface area (Å²) in [6.45, 7) is 5.15. The van der Waals surface area contributed by atoms with Crippen molar-refractivity contribution < 1.29 is 29.0 Å². The van der Waals surface area contributed by atoms with Gasteiger partial charge in [0.15, 0.2) is 6.10 Å². The molecule has 110 valence electrons. The standard InChI is InChI=1S/C11H20N2O6/c1-5-19-8(10(15)16)6-9(14)13(7(2)3)12-11(17)18-4/h7-8H,5-6H2,1-4H3,(H,12,17)(H,15,16)/t8-/m1/s1. The lowest BCUT2D eigenvalue weighted by Gasteiger charge is -2.27. The molecule has 0 fully saturated rings. The molecule has 0 spiro atoms. The molecule has 19 heavy (non-hydrogen) atoms. The van der Waals surface area contributed by atoms with E-state index in [0.29, 0.717) is 0 Å². The molecule has 2 N–H and O–H groups in total. The van der Waals surface area contributed by atoms with Gasteiger partial charge in [0.05, 0.1) is 13.5 Å². The molecule has 0 aromatic heterocycles. The van der Waals surface area contributed by atoms with Gasteiger partial charge in [0.25, 0.3) is 0 Å². The Hall–Kier alpha value is -1.83. The zero-order valence-corrected chi connectivity index (χ0v) is 11.5. The highest BCUT2D eigenvalue weighted by Crippen LogP contribution is 2.05. The molecule has 0 bridgehead atoms. The number of methoxy groups -OCH3 is 1. The number of amides is 2. The Kier molecular flexibility index (Phi) is 7.50. The van der Waals surface area contributed by atoms with E-state index in [9.17, 15) is 14.4 Å². The van der Waals surface area contributed by atoms with Crippen molar-refractivity contribution >= 4 is 18.0 Å². The van der Waals surface area contributed by atoms with Crippen molar-refractivity contribution in [3.05, 3.63) is 0 Å². The van der Waals surface area contributed by atoms with Gasteiger partial charge in [0, 0.05) is 12.6 Å². The third-order valence-electron chi connectivity index (χ3n) is 2.19. The van der Waals surface area contributed by atoms with Crippen LogP contribution in [0.15, 0.2) is 0 Å². The van der Waals surface area contributed by atoms with Crippen LogP contribution in [0.5, 0.6) is 0 Å².